The average molecular weight is 492 g/mol. The van der Waals surface area contributed by atoms with E-state index >= 15 is 0 Å². The third-order valence-electron chi connectivity index (χ3n) is 5.63. The molecule has 0 radical (unpaired) electrons. The molecular formula is C26H41N3O4S. The van der Waals surface area contributed by atoms with Crippen LogP contribution in [0.1, 0.15) is 77.0 Å². The Labute approximate surface area is 208 Å². The van der Waals surface area contributed by atoms with Crippen molar-refractivity contribution in [2.75, 3.05) is 18.6 Å². The van der Waals surface area contributed by atoms with Gasteiger partial charge in [0.2, 0.25) is 11.8 Å². The maximum atomic E-state index is 14.0. The zero-order valence-electron chi connectivity index (χ0n) is 21.5. The van der Waals surface area contributed by atoms with Crippen molar-refractivity contribution in [2.45, 2.75) is 90.4 Å². The van der Waals surface area contributed by atoms with E-state index in [1.807, 2.05) is 37.4 Å². The van der Waals surface area contributed by atoms with E-state index in [2.05, 4.69) is 17.6 Å². The van der Waals surface area contributed by atoms with Gasteiger partial charge in [-0.05, 0) is 76.5 Å². The Bertz CT molecular complexity index is 836. The van der Waals surface area contributed by atoms with Gasteiger partial charge in [-0.3, -0.25) is 9.59 Å². The quantitative estimate of drug-likeness (QED) is 0.418. The highest BCUT2D eigenvalue weighted by atomic mass is 32.2. The molecule has 0 aliphatic heterocycles. The second kappa shape index (κ2) is 13.0. The molecule has 1 fully saturated rings. The van der Waals surface area contributed by atoms with Crippen molar-refractivity contribution in [2.24, 2.45) is 0 Å². The number of unbranched alkanes of at least 4 members (excludes halogenated alkanes) is 1. The second-order valence-electron chi connectivity index (χ2n) is 9.86. The minimum absolute atomic E-state index is 0.0220. The topological polar surface area (TPSA) is 87.7 Å². The maximum absolute atomic E-state index is 14.0. The van der Waals surface area contributed by atoms with Crippen molar-refractivity contribution in [3.63, 3.8) is 0 Å². The number of carbonyl (C=O) groups is 3. The molecule has 2 unspecified atom stereocenters. The molecule has 3 amide bonds. The Morgan fingerprint density at radius 3 is 2.44 bits per heavy atom. The number of alkyl carbamates (subject to hydrolysis) is 1. The van der Waals surface area contributed by atoms with Crippen molar-refractivity contribution in [1.82, 2.24) is 15.5 Å². The molecule has 2 atom stereocenters. The number of nitrogens with zero attached hydrogens (tertiary/aromatic N) is 1. The second-order valence-corrected chi connectivity index (χ2v) is 10.8. The van der Waals surface area contributed by atoms with E-state index in [-0.39, 0.29) is 17.9 Å². The van der Waals surface area contributed by atoms with Crippen LogP contribution in [0.5, 0.6) is 0 Å². The van der Waals surface area contributed by atoms with Crippen molar-refractivity contribution >= 4 is 29.7 Å². The summed E-state index contributed by atoms with van der Waals surface area (Å²) in [6.07, 6.45) is 5.33. The van der Waals surface area contributed by atoms with Gasteiger partial charge in [-0.15, -0.1) is 0 Å². The predicted octanol–water partition coefficient (Wildman–Crippen LogP) is 4.59. The average Bonchev–Trinajstić information content (AvgIpc) is 3.59. The van der Waals surface area contributed by atoms with Gasteiger partial charge in [-0.25, -0.2) is 4.79 Å². The summed E-state index contributed by atoms with van der Waals surface area (Å²) in [5.74, 6) is 0.285. The SMILES string of the molecule is CCCCNC(=O)C(c1ccccc1C)N(C(=O)C(CCSC)NC(=O)OC(C)(C)C)C1CC1. The number of amides is 3. The van der Waals surface area contributed by atoms with Gasteiger partial charge in [-0.1, -0.05) is 37.6 Å². The van der Waals surface area contributed by atoms with E-state index in [0.29, 0.717) is 18.7 Å². The first-order valence-corrected chi connectivity index (χ1v) is 13.6. The van der Waals surface area contributed by atoms with Crippen LogP contribution in [-0.4, -0.2) is 59.0 Å². The van der Waals surface area contributed by atoms with Gasteiger partial charge in [0, 0.05) is 12.6 Å². The highest BCUT2D eigenvalue weighted by Crippen LogP contribution is 2.36. The molecule has 1 aromatic carbocycles. The fraction of sp³-hybridized carbons (Fsp3) is 0.654. The van der Waals surface area contributed by atoms with E-state index < -0.39 is 23.8 Å². The minimum atomic E-state index is -0.766. The molecule has 1 saturated carbocycles. The van der Waals surface area contributed by atoms with Crippen molar-refractivity contribution in [3.05, 3.63) is 35.4 Å². The number of aryl methyl sites for hydroxylation is 1. The van der Waals surface area contributed by atoms with Gasteiger partial charge in [-0.2, -0.15) is 11.8 Å². The molecule has 1 aromatic rings. The number of benzene rings is 1. The van der Waals surface area contributed by atoms with Gasteiger partial charge in [0.1, 0.15) is 17.7 Å². The van der Waals surface area contributed by atoms with E-state index in [1.54, 1.807) is 37.4 Å². The number of rotatable bonds is 12. The number of thioether (sulfide) groups is 1. The molecule has 1 aliphatic rings. The third-order valence-corrected chi connectivity index (χ3v) is 6.28. The number of hydrogen-bond acceptors (Lipinski definition) is 5. The molecule has 7 nitrogen and oxygen atoms in total. The molecule has 0 bridgehead atoms. The number of nitrogens with one attached hydrogen (secondary N) is 2. The van der Waals surface area contributed by atoms with Crippen LogP contribution < -0.4 is 10.6 Å². The summed E-state index contributed by atoms with van der Waals surface area (Å²) in [4.78, 5) is 41.7. The monoisotopic (exact) mass is 491 g/mol. The Morgan fingerprint density at radius 2 is 1.88 bits per heavy atom. The largest absolute Gasteiger partial charge is 0.444 e. The summed E-state index contributed by atoms with van der Waals surface area (Å²) in [6.45, 7) is 9.96. The van der Waals surface area contributed by atoms with E-state index in [4.69, 9.17) is 4.74 Å². The molecule has 0 aromatic heterocycles. The lowest BCUT2D eigenvalue weighted by Crippen LogP contribution is -2.54. The van der Waals surface area contributed by atoms with Crippen molar-refractivity contribution in [1.29, 1.82) is 0 Å². The van der Waals surface area contributed by atoms with Crippen LogP contribution in [0.2, 0.25) is 0 Å². The fourth-order valence-corrected chi connectivity index (χ4v) is 4.26. The summed E-state index contributed by atoms with van der Waals surface area (Å²) in [7, 11) is 0. The van der Waals surface area contributed by atoms with Gasteiger partial charge in [0.15, 0.2) is 0 Å². The van der Waals surface area contributed by atoms with Crippen LogP contribution in [0.4, 0.5) is 4.79 Å². The molecule has 8 heteroatoms. The molecule has 1 aliphatic carbocycles. The highest BCUT2D eigenvalue weighted by molar-refractivity contribution is 7.98. The predicted molar refractivity (Wildman–Crippen MR) is 138 cm³/mol. The lowest BCUT2D eigenvalue weighted by molar-refractivity contribution is -0.143. The van der Waals surface area contributed by atoms with Crippen LogP contribution in [0.3, 0.4) is 0 Å². The molecule has 2 N–H and O–H groups in total. The lowest BCUT2D eigenvalue weighted by atomic mass is 9.97. The molecule has 2 rings (SSSR count). The third kappa shape index (κ3) is 8.53. The number of carbonyl (C=O) groups excluding carboxylic acids is 3. The van der Waals surface area contributed by atoms with Gasteiger partial charge >= 0.3 is 6.09 Å². The molecule has 34 heavy (non-hydrogen) atoms. The first-order valence-electron chi connectivity index (χ1n) is 12.2. The fourth-order valence-electron chi connectivity index (χ4n) is 3.79. The van der Waals surface area contributed by atoms with Crippen LogP contribution in [0.25, 0.3) is 0 Å². The van der Waals surface area contributed by atoms with Crippen LogP contribution in [0, 0.1) is 6.92 Å². The van der Waals surface area contributed by atoms with Crippen LogP contribution in [0.15, 0.2) is 24.3 Å². The summed E-state index contributed by atoms with van der Waals surface area (Å²) in [5.41, 5.74) is 1.10. The Balaban J connectivity index is 2.39. The van der Waals surface area contributed by atoms with Crippen LogP contribution >= 0.6 is 11.8 Å². The van der Waals surface area contributed by atoms with Crippen LogP contribution in [-0.2, 0) is 14.3 Å². The summed E-state index contributed by atoms with van der Waals surface area (Å²) >= 11 is 1.61. The Hall–Kier alpha value is -2.22. The van der Waals surface area contributed by atoms with E-state index in [0.717, 1.165) is 36.8 Å². The van der Waals surface area contributed by atoms with Gasteiger partial charge in [0.05, 0.1) is 0 Å². The lowest BCUT2D eigenvalue weighted by Gasteiger charge is -2.35. The Kier molecular flexibility index (Phi) is 10.7. The molecule has 0 spiro atoms. The van der Waals surface area contributed by atoms with Gasteiger partial charge < -0.3 is 20.3 Å². The number of hydrogen-bond donors (Lipinski definition) is 2. The zero-order chi connectivity index (χ0) is 25.3. The van der Waals surface area contributed by atoms with Crippen molar-refractivity contribution in [3.8, 4) is 0 Å². The zero-order valence-corrected chi connectivity index (χ0v) is 22.3. The smallest absolute Gasteiger partial charge is 0.408 e. The highest BCUT2D eigenvalue weighted by Gasteiger charge is 2.44. The maximum Gasteiger partial charge on any atom is 0.408 e. The molecular weight excluding hydrogens is 450 g/mol. The first kappa shape index (κ1) is 28.0. The molecule has 0 saturated heterocycles. The Morgan fingerprint density at radius 1 is 1.21 bits per heavy atom. The molecule has 190 valence electrons. The number of ether oxygens (including phenoxy) is 1. The summed E-state index contributed by atoms with van der Waals surface area (Å²) in [5, 5.41) is 5.82. The van der Waals surface area contributed by atoms with Gasteiger partial charge in [0.25, 0.3) is 0 Å². The van der Waals surface area contributed by atoms with Crippen molar-refractivity contribution < 1.29 is 19.1 Å². The first-order chi connectivity index (χ1) is 16.1. The summed E-state index contributed by atoms with van der Waals surface area (Å²) in [6, 6.07) is 6.18. The summed E-state index contributed by atoms with van der Waals surface area (Å²) < 4.78 is 5.42. The standard InChI is InChI=1S/C26H41N3O4S/c1-7-8-16-27-23(30)22(20-12-10-9-11-18(20)2)29(19-13-14-19)24(31)21(15-17-34-6)28-25(32)33-26(3,4)5/h9-12,19,21-22H,7-8,13-17H2,1-6H3,(H,27,30)(H,28,32). The van der Waals surface area contributed by atoms with E-state index in [1.165, 1.54) is 0 Å². The molecule has 0 heterocycles. The normalized spacial score (nSPS) is 15.2. The minimum Gasteiger partial charge on any atom is -0.444 e. The van der Waals surface area contributed by atoms with E-state index in [9.17, 15) is 14.4 Å².